The maximum absolute atomic E-state index is 13.4. The maximum atomic E-state index is 13.4. The van der Waals surface area contributed by atoms with E-state index in [1.165, 1.54) is 18.2 Å². The zero-order valence-corrected chi connectivity index (χ0v) is 20.9. The zero-order chi connectivity index (χ0) is 26.6. The fraction of sp³-hybridized carbons (Fsp3) is 0.440. The van der Waals surface area contributed by atoms with Crippen LogP contribution in [0.1, 0.15) is 19.3 Å². The Bertz CT molecular complexity index is 996. The fourth-order valence-electron chi connectivity index (χ4n) is 3.82. The summed E-state index contributed by atoms with van der Waals surface area (Å²) in [6.45, 7) is -1.06. The molecular formula is C25H33F3N4O3S. The number of likely N-dealkylation sites (tertiary alicyclic amines) is 1. The molecule has 1 fully saturated rings. The number of methoxy groups -OCH3 is 1. The molecule has 7 N–H and O–H groups in total. The van der Waals surface area contributed by atoms with Gasteiger partial charge in [0.1, 0.15) is 12.3 Å². The van der Waals surface area contributed by atoms with Gasteiger partial charge >= 0.3 is 6.18 Å². The molecule has 0 amide bonds. The molecule has 0 aromatic heterocycles. The minimum absolute atomic E-state index is 0.0482. The topological polar surface area (TPSA) is 117 Å². The van der Waals surface area contributed by atoms with Crippen LogP contribution in [-0.2, 0) is 0 Å². The van der Waals surface area contributed by atoms with E-state index in [1.807, 2.05) is 6.07 Å². The van der Waals surface area contributed by atoms with Crippen molar-refractivity contribution in [3.63, 3.8) is 0 Å². The highest BCUT2D eigenvalue weighted by atomic mass is 32.2. The van der Waals surface area contributed by atoms with Gasteiger partial charge in [0, 0.05) is 30.2 Å². The summed E-state index contributed by atoms with van der Waals surface area (Å²) in [5, 5.41) is 27.0. The van der Waals surface area contributed by atoms with Gasteiger partial charge in [-0.3, -0.25) is 5.14 Å². The van der Waals surface area contributed by atoms with Crippen molar-refractivity contribution in [1.29, 1.82) is 0 Å². The van der Waals surface area contributed by atoms with Crippen LogP contribution in [0.3, 0.4) is 0 Å². The van der Waals surface area contributed by atoms with Crippen molar-refractivity contribution in [2.24, 2.45) is 16.8 Å². The minimum Gasteiger partial charge on any atom is -0.495 e. The number of aliphatic hydroxyl groups is 2. The van der Waals surface area contributed by atoms with Gasteiger partial charge in [0.25, 0.3) is 0 Å². The van der Waals surface area contributed by atoms with E-state index >= 15 is 0 Å². The minimum atomic E-state index is -4.43. The lowest BCUT2D eigenvalue weighted by molar-refractivity contribution is -0.142. The van der Waals surface area contributed by atoms with Crippen LogP contribution >= 0.6 is 11.9 Å². The zero-order valence-electron chi connectivity index (χ0n) is 20.1. The number of nitrogens with two attached hydrogens (primary N) is 2. The van der Waals surface area contributed by atoms with Crippen LogP contribution in [0.5, 0.6) is 5.75 Å². The number of nitrogens with one attached hydrogen (secondary N) is 1. The van der Waals surface area contributed by atoms with E-state index in [0.717, 1.165) is 16.8 Å². The fourth-order valence-corrected chi connectivity index (χ4v) is 4.14. The Morgan fingerprint density at radius 3 is 2.61 bits per heavy atom. The molecule has 2 rings (SSSR count). The van der Waals surface area contributed by atoms with Crippen LogP contribution in [0, 0.1) is 17.8 Å². The third-order valence-corrected chi connectivity index (χ3v) is 6.09. The van der Waals surface area contributed by atoms with Gasteiger partial charge in [0.05, 0.1) is 25.4 Å². The average molecular weight is 527 g/mol. The molecule has 198 valence electrons. The number of rotatable bonds is 11. The monoisotopic (exact) mass is 526 g/mol. The third kappa shape index (κ3) is 9.02. The van der Waals surface area contributed by atoms with E-state index in [-0.39, 0.29) is 32.1 Å². The van der Waals surface area contributed by atoms with Crippen LogP contribution < -0.4 is 20.9 Å². The second-order valence-corrected chi connectivity index (χ2v) is 8.74. The summed E-state index contributed by atoms with van der Waals surface area (Å²) in [7, 11) is 1.53. The molecule has 1 aliphatic heterocycles. The van der Waals surface area contributed by atoms with Gasteiger partial charge in [-0.15, -0.1) is 0 Å². The predicted octanol–water partition coefficient (Wildman–Crippen LogP) is 3.38. The molecular weight excluding hydrogens is 493 g/mol. The van der Waals surface area contributed by atoms with E-state index in [0.29, 0.717) is 35.5 Å². The number of allylic oxidation sites excluding steroid dienone is 4. The van der Waals surface area contributed by atoms with Crippen molar-refractivity contribution >= 4 is 17.6 Å². The van der Waals surface area contributed by atoms with Crippen LogP contribution in [-0.4, -0.2) is 60.7 Å². The Balaban J connectivity index is 2.22. The molecule has 0 aliphatic carbocycles. The standard InChI is InChI=1S/C25H33F3N4O3S/c1-35-24-15-21(36-30)7-8-22(24)31-11-3-5-20-14-19(16-29)23(32(20)17-25(26,27)28)6-2-4-18(9-12-33)10-13-34/h2,4,6-8,15-16,18,20,31,33-34H,9-14,17,29-30H2,1H3/b4-2-,19-16+,23-6+. The van der Waals surface area contributed by atoms with Crippen molar-refractivity contribution in [1.82, 2.24) is 4.90 Å². The highest BCUT2D eigenvalue weighted by Gasteiger charge is 2.39. The molecule has 0 spiro atoms. The third-order valence-electron chi connectivity index (χ3n) is 5.56. The maximum Gasteiger partial charge on any atom is 0.405 e. The Hall–Kier alpha value is -2.78. The number of ether oxygens (including phenoxy) is 1. The van der Waals surface area contributed by atoms with Crippen LogP contribution in [0.15, 0.2) is 58.8 Å². The molecule has 1 saturated heterocycles. The first-order chi connectivity index (χ1) is 17.3. The van der Waals surface area contributed by atoms with E-state index in [9.17, 15) is 13.2 Å². The molecule has 1 heterocycles. The molecule has 1 aromatic carbocycles. The SMILES string of the molecule is COc1cc(SN)ccc1NCC#CC1CC(=C\N)/C(=C\C=C/C(CCO)CCO)N1CC(F)(F)F. The Labute approximate surface area is 214 Å². The normalized spacial score (nSPS) is 18.3. The summed E-state index contributed by atoms with van der Waals surface area (Å²) in [6, 6.07) is 4.69. The van der Waals surface area contributed by atoms with Gasteiger partial charge in [-0.05, 0) is 66.8 Å². The lowest BCUT2D eigenvalue weighted by Gasteiger charge is -2.25. The van der Waals surface area contributed by atoms with Gasteiger partial charge in [-0.2, -0.15) is 13.2 Å². The highest BCUT2D eigenvalue weighted by Crippen LogP contribution is 2.35. The molecule has 0 radical (unpaired) electrons. The van der Waals surface area contributed by atoms with Gasteiger partial charge in [-0.1, -0.05) is 24.0 Å². The van der Waals surface area contributed by atoms with E-state index in [4.69, 9.17) is 25.8 Å². The molecule has 36 heavy (non-hydrogen) atoms. The second kappa shape index (κ2) is 14.7. The first-order valence-corrected chi connectivity index (χ1v) is 12.3. The van der Waals surface area contributed by atoms with Gasteiger partial charge in [0.15, 0.2) is 0 Å². The van der Waals surface area contributed by atoms with Crippen molar-refractivity contribution in [2.75, 3.05) is 38.7 Å². The second-order valence-electron chi connectivity index (χ2n) is 8.03. The van der Waals surface area contributed by atoms with Crippen molar-refractivity contribution in [3.8, 4) is 17.6 Å². The number of benzene rings is 1. The number of hydrogen-bond donors (Lipinski definition) is 5. The number of alkyl halides is 3. The summed E-state index contributed by atoms with van der Waals surface area (Å²) in [5.74, 6) is 6.35. The lowest BCUT2D eigenvalue weighted by atomic mass is 10.0. The number of hydrogen-bond acceptors (Lipinski definition) is 8. The number of aliphatic hydroxyl groups excluding tert-OH is 2. The molecule has 11 heteroatoms. The Kier molecular flexibility index (Phi) is 12.0. The van der Waals surface area contributed by atoms with Crippen molar-refractivity contribution < 1.29 is 28.1 Å². The molecule has 1 unspecified atom stereocenters. The van der Waals surface area contributed by atoms with Crippen LogP contribution in [0.25, 0.3) is 0 Å². The van der Waals surface area contributed by atoms with Gasteiger partial charge < -0.3 is 30.9 Å². The predicted molar refractivity (Wildman–Crippen MR) is 137 cm³/mol. The van der Waals surface area contributed by atoms with Crippen molar-refractivity contribution in [3.05, 3.63) is 53.9 Å². The summed E-state index contributed by atoms with van der Waals surface area (Å²) in [4.78, 5) is 2.03. The molecule has 1 aliphatic rings. The van der Waals surface area contributed by atoms with Gasteiger partial charge in [-0.25, -0.2) is 0 Å². The molecule has 0 saturated carbocycles. The summed E-state index contributed by atoms with van der Waals surface area (Å²) in [5.41, 5.74) is 7.34. The van der Waals surface area contributed by atoms with E-state index < -0.39 is 18.8 Å². The molecule has 7 nitrogen and oxygen atoms in total. The highest BCUT2D eigenvalue weighted by molar-refractivity contribution is 7.97. The smallest absolute Gasteiger partial charge is 0.405 e. The van der Waals surface area contributed by atoms with Gasteiger partial charge in [0.2, 0.25) is 0 Å². The van der Waals surface area contributed by atoms with E-state index in [1.54, 1.807) is 30.4 Å². The summed E-state index contributed by atoms with van der Waals surface area (Å²) in [6.07, 6.45) is 3.02. The first kappa shape index (κ1) is 29.5. The first-order valence-electron chi connectivity index (χ1n) is 11.4. The number of nitrogens with zero attached hydrogens (tertiary/aromatic N) is 1. The summed E-state index contributed by atoms with van der Waals surface area (Å²) >= 11 is 1.09. The largest absolute Gasteiger partial charge is 0.495 e. The Morgan fingerprint density at radius 2 is 2.03 bits per heavy atom. The molecule has 1 aromatic rings. The molecule has 0 bridgehead atoms. The van der Waals surface area contributed by atoms with Crippen LogP contribution in [0.2, 0.25) is 0 Å². The van der Waals surface area contributed by atoms with Crippen molar-refractivity contribution in [2.45, 2.75) is 36.4 Å². The molecule has 1 atom stereocenters. The number of halogens is 3. The summed E-state index contributed by atoms with van der Waals surface area (Å²) < 4.78 is 45.6. The number of anilines is 1. The van der Waals surface area contributed by atoms with E-state index in [2.05, 4.69) is 17.2 Å². The van der Waals surface area contributed by atoms with Crippen LogP contribution in [0.4, 0.5) is 18.9 Å². The Morgan fingerprint density at radius 1 is 1.31 bits per heavy atom. The average Bonchev–Trinajstić information content (AvgIpc) is 3.16. The quantitative estimate of drug-likeness (QED) is 0.220. The lowest BCUT2D eigenvalue weighted by Crippen LogP contribution is -2.36.